The highest BCUT2D eigenvalue weighted by molar-refractivity contribution is 6.36. The Hall–Kier alpha value is -0.810. The van der Waals surface area contributed by atoms with Crippen LogP contribution in [0.3, 0.4) is 0 Å². The van der Waals surface area contributed by atoms with Gasteiger partial charge in [0.1, 0.15) is 6.04 Å². The van der Waals surface area contributed by atoms with Crippen molar-refractivity contribution in [2.45, 2.75) is 25.0 Å². The van der Waals surface area contributed by atoms with Gasteiger partial charge in [-0.25, -0.2) is 0 Å². The molecule has 0 spiro atoms. The van der Waals surface area contributed by atoms with Crippen LogP contribution in [-0.2, 0) is 9.53 Å². The summed E-state index contributed by atoms with van der Waals surface area (Å²) in [6.07, 6.45) is 2.14. The number of ether oxygens (including phenoxy) is 1. The van der Waals surface area contributed by atoms with Crippen molar-refractivity contribution in [1.29, 1.82) is 0 Å². The van der Waals surface area contributed by atoms with Gasteiger partial charge in [0.2, 0.25) is 5.91 Å². The van der Waals surface area contributed by atoms with E-state index in [1.165, 1.54) is 0 Å². The first-order chi connectivity index (χ1) is 9.09. The van der Waals surface area contributed by atoms with Crippen molar-refractivity contribution in [2.24, 2.45) is 5.73 Å². The summed E-state index contributed by atoms with van der Waals surface area (Å²) >= 11 is 12.2. The van der Waals surface area contributed by atoms with Gasteiger partial charge in [0, 0.05) is 28.8 Å². The Balaban J connectivity index is 2.13. The minimum atomic E-state index is -0.703. The topological polar surface area (TPSA) is 64.4 Å². The first kappa shape index (κ1) is 14.6. The summed E-state index contributed by atoms with van der Waals surface area (Å²) in [6, 6.07) is 4.40. The normalized spacial score (nSPS) is 20.4. The van der Waals surface area contributed by atoms with Gasteiger partial charge in [0.25, 0.3) is 0 Å². The molecule has 2 unspecified atom stereocenters. The van der Waals surface area contributed by atoms with Crippen LogP contribution in [0, 0.1) is 0 Å². The molecule has 0 saturated carbocycles. The number of nitrogens with two attached hydrogens (primary N) is 1. The van der Waals surface area contributed by atoms with E-state index in [0.717, 1.165) is 19.4 Å². The number of rotatable bonds is 5. The van der Waals surface area contributed by atoms with Crippen LogP contribution in [0.4, 0.5) is 0 Å². The molecule has 104 valence electrons. The summed E-state index contributed by atoms with van der Waals surface area (Å²) in [5.74, 6) is -0.506. The van der Waals surface area contributed by atoms with Gasteiger partial charge in [-0.1, -0.05) is 29.3 Å². The molecule has 2 rings (SSSR count). The molecule has 1 aliphatic heterocycles. The van der Waals surface area contributed by atoms with E-state index in [9.17, 15) is 4.79 Å². The van der Waals surface area contributed by atoms with Gasteiger partial charge < -0.3 is 10.5 Å². The lowest BCUT2D eigenvalue weighted by Crippen LogP contribution is -2.38. The maximum atomic E-state index is 11.6. The molecule has 1 aromatic carbocycles. The van der Waals surface area contributed by atoms with Crippen LogP contribution in [0.1, 0.15) is 24.4 Å². The zero-order chi connectivity index (χ0) is 13.8. The Labute approximate surface area is 122 Å². The first-order valence-electron chi connectivity index (χ1n) is 6.18. The Bertz CT molecular complexity index is 442. The van der Waals surface area contributed by atoms with Crippen molar-refractivity contribution < 1.29 is 9.53 Å². The van der Waals surface area contributed by atoms with E-state index in [1.807, 2.05) is 0 Å². The summed E-state index contributed by atoms with van der Waals surface area (Å²) in [5, 5.41) is 3.94. The van der Waals surface area contributed by atoms with Gasteiger partial charge in [-0.3, -0.25) is 10.1 Å². The standard InChI is InChI=1S/C13H16Cl2N2O2/c14-9-4-1-5-10(15)11(9)12(13(16)18)17-7-8-3-2-6-19-8/h1,4-5,8,12,17H,2-3,6-7H2,(H2,16,18). The highest BCUT2D eigenvalue weighted by Gasteiger charge is 2.25. The molecule has 0 aromatic heterocycles. The molecule has 1 amide bonds. The molecule has 3 N–H and O–H groups in total. The maximum absolute atomic E-state index is 11.6. The smallest absolute Gasteiger partial charge is 0.239 e. The molecule has 0 radical (unpaired) electrons. The third kappa shape index (κ3) is 3.60. The molecule has 4 nitrogen and oxygen atoms in total. The van der Waals surface area contributed by atoms with Crippen LogP contribution < -0.4 is 11.1 Å². The minimum absolute atomic E-state index is 0.114. The van der Waals surface area contributed by atoms with Crippen molar-refractivity contribution in [3.05, 3.63) is 33.8 Å². The second-order valence-corrected chi connectivity index (χ2v) is 5.33. The van der Waals surface area contributed by atoms with E-state index < -0.39 is 11.9 Å². The highest BCUT2D eigenvalue weighted by atomic mass is 35.5. The zero-order valence-electron chi connectivity index (χ0n) is 10.4. The number of primary amides is 1. The number of hydrogen-bond donors (Lipinski definition) is 2. The van der Waals surface area contributed by atoms with Crippen LogP contribution >= 0.6 is 23.2 Å². The molecule has 1 aromatic rings. The van der Waals surface area contributed by atoms with Gasteiger partial charge in [-0.05, 0) is 25.0 Å². The van der Waals surface area contributed by atoms with E-state index >= 15 is 0 Å². The van der Waals surface area contributed by atoms with Crippen molar-refractivity contribution in [3.8, 4) is 0 Å². The molecule has 0 bridgehead atoms. The van der Waals surface area contributed by atoms with Gasteiger partial charge in [0.15, 0.2) is 0 Å². The molecular weight excluding hydrogens is 287 g/mol. The van der Waals surface area contributed by atoms with Crippen LogP contribution in [0.5, 0.6) is 0 Å². The first-order valence-corrected chi connectivity index (χ1v) is 6.93. The van der Waals surface area contributed by atoms with E-state index in [0.29, 0.717) is 22.2 Å². The average molecular weight is 303 g/mol. The van der Waals surface area contributed by atoms with Gasteiger partial charge in [-0.2, -0.15) is 0 Å². The van der Waals surface area contributed by atoms with E-state index in [4.69, 9.17) is 33.7 Å². The van der Waals surface area contributed by atoms with Gasteiger partial charge in [0.05, 0.1) is 6.10 Å². The maximum Gasteiger partial charge on any atom is 0.239 e. The number of nitrogens with one attached hydrogen (secondary N) is 1. The lowest BCUT2D eigenvalue weighted by Gasteiger charge is -2.20. The van der Waals surface area contributed by atoms with E-state index in [-0.39, 0.29) is 6.10 Å². The number of carbonyl (C=O) groups is 1. The highest BCUT2D eigenvalue weighted by Crippen LogP contribution is 2.30. The van der Waals surface area contributed by atoms with Crippen molar-refractivity contribution in [2.75, 3.05) is 13.2 Å². The van der Waals surface area contributed by atoms with Crippen LogP contribution in [-0.4, -0.2) is 25.2 Å². The average Bonchev–Trinajstić information content (AvgIpc) is 2.85. The Morgan fingerprint density at radius 1 is 1.47 bits per heavy atom. The fraction of sp³-hybridized carbons (Fsp3) is 0.462. The number of halogens is 2. The van der Waals surface area contributed by atoms with Gasteiger partial charge in [-0.15, -0.1) is 0 Å². The second-order valence-electron chi connectivity index (χ2n) is 4.51. The second kappa shape index (κ2) is 6.57. The predicted molar refractivity (Wildman–Crippen MR) is 75.4 cm³/mol. The Morgan fingerprint density at radius 3 is 2.68 bits per heavy atom. The molecule has 1 aliphatic rings. The number of benzene rings is 1. The van der Waals surface area contributed by atoms with Crippen molar-refractivity contribution in [1.82, 2.24) is 5.32 Å². The lowest BCUT2D eigenvalue weighted by atomic mass is 10.1. The summed E-state index contributed by atoms with van der Waals surface area (Å²) in [7, 11) is 0. The number of carbonyl (C=O) groups excluding carboxylic acids is 1. The molecule has 19 heavy (non-hydrogen) atoms. The quantitative estimate of drug-likeness (QED) is 0.877. The van der Waals surface area contributed by atoms with Crippen molar-refractivity contribution >= 4 is 29.1 Å². The molecule has 0 aliphatic carbocycles. The Morgan fingerprint density at radius 2 is 2.16 bits per heavy atom. The predicted octanol–water partition coefficient (Wildman–Crippen LogP) is 2.29. The zero-order valence-corrected chi connectivity index (χ0v) is 11.9. The summed E-state index contributed by atoms with van der Waals surface area (Å²) in [6.45, 7) is 1.32. The Kier molecular flexibility index (Phi) is 5.05. The molecule has 1 fully saturated rings. The van der Waals surface area contributed by atoms with Crippen LogP contribution in [0.15, 0.2) is 18.2 Å². The summed E-state index contributed by atoms with van der Waals surface area (Å²) in [4.78, 5) is 11.6. The molecule has 2 atom stereocenters. The van der Waals surface area contributed by atoms with E-state index in [1.54, 1.807) is 18.2 Å². The number of amides is 1. The van der Waals surface area contributed by atoms with Gasteiger partial charge >= 0.3 is 0 Å². The van der Waals surface area contributed by atoms with Crippen molar-refractivity contribution in [3.63, 3.8) is 0 Å². The summed E-state index contributed by atoms with van der Waals surface area (Å²) in [5.41, 5.74) is 5.96. The summed E-state index contributed by atoms with van der Waals surface area (Å²) < 4.78 is 5.50. The molecule has 1 heterocycles. The number of hydrogen-bond acceptors (Lipinski definition) is 3. The minimum Gasteiger partial charge on any atom is -0.377 e. The molecule has 1 saturated heterocycles. The van der Waals surface area contributed by atoms with Crippen LogP contribution in [0.2, 0.25) is 10.0 Å². The fourth-order valence-corrected chi connectivity index (χ4v) is 2.80. The van der Waals surface area contributed by atoms with Crippen LogP contribution in [0.25, 0.3) is 0 Å². The SMILES string of the molecule is NC(=O)C(NCC1CCCO1)c1c(Cl)cccc1Cl. The van der Waals surface area contributed by atoms with E-state index in [2.05, 4.69) is 5.32 Å². The monoisotopic (exact) mass is 302 g/mol. The largest absolute Gasteiger partial charge is 0.377 e. The third-order valence-electron chi connectivity index (χ3n) is 3.15. The third-order valence-corrected chi connectivity index (χ3v) is 3.81. The molecule has 6 heteroatoms. The molecular formula is C13H16Cl2N2O2. The lowest BCUT2D eigenvalue weighted by molar-refractivity contribution is -0.120. The fourth-order valence-electron chi connectivity index (χ4n) is 2.19.